The van der Waals surface area contributed by atoms with Gasteiger partial charge in [-0.05, 0) is 39.3 Å². The van der Waals surface area contributed by atoms with Crippen molar-refractivity contribution in [2.24, 2.45) is 5.73 Å². The standard InChI is InChI=1S/C13H21N3O/c1-10(2)16(12(17)13(3,4)14)9-11-6-5-7-15-8-11/h5-8,10H,9,14H2,1-4H3. The maximum Gasteiger partial charge on any atom is 0.242 e. The van der Waals surface area contributed by atoms with Crippen molar-refractivity contribution in [3.8, 4) is 0 Å². The maximum absolute atomic E-state index is 12.2. The van der Waals surface area contributed by atoms with Crippen LogP contribution in [0.1, 0.15) is 33.3 Å². The lowest BCUT2D eigenvalue weighted by Gasteiger charge is -2.32. The molecule has 0 fully saturated rings. The summed E-state index contributed by atoms with van der Waals surface area (Å²) >= 11 is 0. The number of carbonyl (C=O) groups is 1. The van der Waals surface area contributed by atoms with Gasteiger partial charge in [0, 0.05) is 25.0 Å². The summed E-state index contributed by atoms with van der Waals surface area (Å²) in [5.74, 6) is -0.0450. The van der Waals surface area contributed by atoms with E-state index < -0.39 is 5.54 Å². The first kappa shape index (κ1) is 13.6. The Labute approximate surface area is 103 Å². The fraction of sp³-hybridized carbons (Fsp3) is 0.538. The van der Waals surface area contributed by atoms with Gasteiger partial charge in [0.1, 0.15) is 0 Å². The molecule has 0 aliphatic heterocycles. The first-order chi connectivity index (χ1) is 7.82. The van der Waals surface area contributed by atoms with Gasteiger partial charge in [0.05, 0.1) is 5.54 Å². The molecular weight excluding hydrogens is 214 g/mol. The third-order valence-electron chi connectivity index (χ3n) is 2.51. The number of carbonyl (C=O) groups excluding carboxylic acids is 1. The van der Waals surface area contributed by atoms with Crippen LogP contribution >= 0.6 is 0 Å². The van der Waals surface area contributed by atoms with E-state index in [1.54, 1.807) is 31.1 Å². The molecule has 0 radical (unpaired) electrons. The van der Waals surface area contributed by atoms with Gasteiger partial charge in [-0.3, -0.25) is 9.78 Å². The molecule has 94 valence electrons. The van der Waals surface area contributed by atoms with Crippen LogP contribution in [0.25, 0.3) is 0 Å². The van der Waals surface area contributed by atoms with Crippen molar-refractivity contribution >= 4 is 5.91 Å². The number of rotatable bonds is 4. The Morgan fingerprint density at radius 3 is 2.59 bits per heavy atom. The molecule has 0 saturated carbocycles. The molecule has 4 heteroatoms. The summed E-state index contributed by atoms with van der Waals surface area (Å²) in [7, 11) is 0. The van der Waals surface area contributed by atoms with Crippen LogP contribution in [0.4, 0.5) is 0 Å². The Balaban J connectivity index is 2.85. The minimum atomic E-state index is -0.841. The molecule has 0 spiro atoms. The molecule has 0 bridgehead atoms. The van der Waals surface area contributed by atoms with Gasteiger partial charge in [0.15, 0.2) is 0 Å². The van der Waals surface area contributed by atoms with E-state index in [2.05, 4.69) is 4.98 Å². The van der Waals surface area contributed by atoms with Gasteiger partial charge in [-0.25, -0.2) is 0 Å². The van der Waals surface area contributed by atoms with Gasteiger partial charge in [-0.15, -0.1) is 0 Å². The van der Waals surface area contributed by atoms with Crippen molar-refractivity contribution in [1.82, 2.24) is 9.88 Å². The van der Waals surface area contributed by atoms with E-state index in [1.165, 1.54) is 0 Å². The molecule has 1 heterocycles. The van der Waals surface area contributed by atoms with Crippen LogP contribution in [0, 0.1) is 0 Å². The van der Waals surface area contributed by atoms with Crippen LogP contribution in [0.2, 0.25) is 0 Å². The number of hydrogen-bond donors (Lipinski definition) is 1. The summed E-state index contributed by atoms with van der Waals surface area (Å²) in [6, 6.07) is 3.94. The first-order valence-electron chi connectivity index (χ1n) is 5.81. The smallest absolute Gasteiger partial charge is 0.242 e. The highest BCUT2D eigenvalue weighted by molar-refractivity contribution is 5.85. The lowest BCUT2D eigenvalue weighted by molar-refractivity contribution is -0.138. The van der Waals surface area contributed by atoms with Gasteiger partial charge in [0.25, 0.3) is 0 Å². The molecule has 0 aliphatic carbocycles. The number of pyridine rings is 1. The number of hydrogen-bond acceptors (Lipinski definition) is 3. The molecule has 17 heavy (non-hydrogen) atoms. The van der Waals surface area contributed by atoms with Crippen LogP contribution in [0.5, 0.6) is 0 Å². The zero-order valence-corrected chi connectivity index (χ0v) is 11.0. The number of nitrogens with two attached hydrogens (primary N) is 1. The van der Waals surface area contributed by atoms with E-state index >= 15 is 0 Å². The molecule has 1 rings (SSSR count). The molecular formula is C13H21N3O. The summed E-state index contributed by atoms with van der Waals surface area (Å²) < 4.78 is 0. The predicted molar refractivity (Wildman–Crippen MR) is 68.2 cm³/mol. The van der Waals surface area contributed by atoms with E-state index in [0.29, 0.717) is 6.54 Å². The van der Waals surface area contributed by atoms with E-state index in [9.17, 15) is 4.79 Å². The zero-order valence-electron chi connectivity index (χ0n) is 11.0. The Morgan fingerprint density at radius 2 is 2.18 bits per heavy atom. The molecule has 0 unspecified atom stereocenters. The lowest BCUT2D eigenvalue weighted by Crippen LogP contribution is -2.52. The number of amides is 1. The summed E-state index contributed by atoms with van der Waals surface area (Å²) in [5, 5.41) is 0. The Kier molecular flexibility index (Phi) is 4.23. The van der Waals surface area contributed by atoms with Gasteiger partial charge in [0.2, 0.25) is 5.91 Å². The number of nitrogens with zero attached hydrogens (tertiary/aromatic N) is 2. The summed E-state index contributed by atoms with van der Waals surface area (Å²) in [5.41, 5.74) is 6.04. The van der Waals surface area contributed by atoms with Crippen LogP contribution < -0.4 is 5.73 Å². The van der Waals surface area contributed by atoms with E-state index in [1.807, 2.05) is 26.0 Å². The summed E-state index contributed by atoms with van der Waals surface area (Å²) in [6.07, 6.45) is 3.49. The molecule has 0 aliphatic rings. The van der Waals surface area contributed by atoms with E-state index in [0.717, 1.165) is 5.56 Å². The van der Waals surface area contributed by atoms with Crippen LogP contribution in [0.15, 0.2) is 24.5 Å². The van der Waals surface area contributed by atoms with Crippen molar-refractivity contribution < 1.29 is 4.79 Å². The van der Waals surface area contributed by atoms with E-state index in [4.69, 9.17) is 5.73 Å². The Morgan fingerprint density at radius 1 is 1.53 bits per heavy atom. The normalized spacial score (nSPS) is 11.6. The fourth-order valence-corrected chi connectivity index (χ4v) is 1.55. The maximum atomic E-state index is 12.2. The second-order valence-corrected chi connectivity index (χ2v) is 5.11. The van der Waals surface area contributed by atoms with Crippen molar-refractivity contribution in [2.45, 2.75) is 45.8 Å². The second-order valence-electron chi connectivity index (χ2n) is 5.11. The highest BCUT2D eigenvalue weighted by Crippen LogP contribution is 2.12. The van der Waals surface area contributed by atoms with Crippen LogP contribution in [0.3, 0.4) is 0 Å². The third-order valence-corrected chi connectivity index (χ3v) is 2.51. The molecule has 4 nitrogen and oxygen atoms in total. The topological polar surface area (TPSA) is 59.2 Å². The SMILES string of the molecule is CC(C)N(Cc1cccnc1)C(=O)C(C)(C)N. The van der Waals surface area contributed by atoms with Crippen LogP contribution in [-0.4, -0.2) is 27.4 Å². The molecule has 1 amide bonds. The van der Waals surface area contributed by atoms with Crippen molar-refractivity contribution in [3.05, 3.63) is 30.1 Å². The lowest BCUT2D eigenvalue weighted by atomic mass is 10.0. The minimum absolute atomic E-state index is 0.0450. The highest BCUT2D eigenvalue weighted by Gasteiger charge is 2.29. The van der Waals surface area contributed by atoms with Gasteiger partial charge < -0.3 is 10.6 Å². The van der Waals surface area contributed by atoms with Crippen molar-refractivity contribution in [2.75, 3.05) is 0 Å². The van der Waals surface area contributed by atoms with Crippen LogP contribution in [-0.2, 0) is 11.3 Å². The average molecular weight is 235 g/mol. The predicted octanol–water partition coefficient (Wildman–Crippen LogP) is 1.56. The molecule has 1 aromatic heterocycles. The molecule has 0 aromatic carbocycles. The quantitative estimate of drug-likeness (QED) is 0.861. The van der Waals surface area contributed by atoms with Gasteiger partial charge >= 0.3 is 0 Å². The minimum Gasteiger partial charge on any atom is -0.334 e. The average Bonchev–Trinajstić information content (AvgIpc) is 2.24. The molecule has 1 aromatic rings. The summed E-state index contributed by atoms with van der Waals surface area (Å²) in [4.78, 5) is 18.0. The fourth-order valence-electron chi connectivity index (χ4n) is 1.55. The second kappa shape index (κ2) is 5.27. The van der Waals surface area contributed by atoms with E-state index in [-0.39, 0.29) is 11.9 Å². The largest absolute Gasteiger partial charge is 0.334 e. The van der Waals surface area contributed by atoms with Crippen molar-refractivity contribution in [1.29, 1.82) is 0 Å². The Bertz CT molecular complexity index is 368. The monoisotopic (exact) mass is 235 g/mol. The molecule has 0 saturated heterocycles. The summed E-state index contributed by atoms with van der Waals surface area (Å²) in [6.45, 7) is 7.98. The van der Waals surface area contributed by atoms with Gasteiger partial charge in [-0.2, -0.15) is 0 Å². The Hall–Kier alpha value is -1.42. The molecule has 0 atom stereocenters. The third kappa shape index (κ3) is 3.82. The zero-order chi connectivity index (χ0) is 13.1. The molecule has 2 N–H and O–H groups in total. The number of aromatic nitrogens is 1. The highest BCUT2D eigenvalue weighted by atomic mass is 16.2. The first-order valence-corrected chi connectivity index (χ1v) is 5.81. The van der Waals surface area contributed by atoms with Gasteiger partial charge in [-0.1, -0.05) is 6.07 Å². The van der Waals surface area contributed by atoms with Crippen molar-refractivity contribution in [3.63, 3.8) is 0 Å².